The lowest BCUT2D eigenvalue weighted by molar-refractivity contribution is 0.511. The third-order valence-corrected chi connectivity index (χ3v) is 9.87. The van der Waals surface area contributed by atoms with Crippen molar-refractivity contribution in [1.29, 1.82) is 0 Å². The van der Waals surface area contributed by atoms with Gasteiger partial charge >= 0.3 is 0 Å². The van der Waals surface area contributed by atoms with Gasteiger partial charge in [0.1, 0.15) is 0 Å². The standard InChI is InChI=1S/C37H75IS/c38-36-34-32-30-28-26-24-22-20-18-16-14-12-10-8-6-4-2-1-3-5-7-9-11-13-15-17-19-21-23-25-27-29-31-33-35-37-39/h39H,1-37H2. The summed E-state index contributed by atoms with van der Waals surface area (Å²) in [6, 6.07) is 0. The van der Waals surface area contributed by atoms with Gasteiger partial charge in [0.2, 0.25) is 0 Å². The number of alkyl halides is 1. The van der Waals surface area contributed by atoms with Crippen molar-refractivity contribution >= 4 is 35.2 Å². The Morgan fingerprint density at radius 1 is 0.205 bits per heavy atom. The summed E-state index contributed by atoms with van der Waals surface area (Å²) in [5.41, 5.74) is 0. The molecule has 0 radical (unpaired) electrons. The first-order valence-corrected chi connectivity index (χ1v) is 20.7. The van der Waals surface area contributed by atoms with E-state index in [2.05, 4.69) is 35.2 Å². The van der Waals surface area contributed by atoms with Gasteiger partial charge in [-0.25, -0.2) is 0 Å². The van der Waals surface area contributed by atoms with E-state index in [1.54, 1.807) is 0 Å². The van der Waals surface area contributed by atoms with Gasteiger partial charge in [-0.05, 0) is 23.0 Å². The third-order valence-electron chi connectivity index (χ3n) is 8.79. The molecule has 0 nitrogen and oxygen atoms in total. The molecule has 0 saturated heterocycles. The fraction of sp³-hybridized carbons (Fsp3) is 1.00. The lowest BCUT2D eigenvalue weighted by Gasteiger charge is -2.05. The van der Waals surface area contributed by atoms with Crippen LogP contribution in [0.1, 0.15) is 225 Å². The Labute approximate surface area is 268 Å². The second-order valence-electron chi connectivity index (χ2n) is 12.8. The second kappa shape index (κ2) is 39.1. The van der Waals surface area contributed by atoms with Crippen molar-refractivity contribution in [3.63, 3.8) is 0 Å². The summed E-state index contributed by atoms with van der Waals surface area (Å²) in [6.07, 6.45) is 51.6. The molecule has 0 saturated carbocycles. The van der Waals surface area contributed by atoms with Crippen molar-refractivity contribution in [2.24, 2.45) is 0 Å². The summed E-state index contributed by atoms with van der Waals surface area (Å²) in [6.45, 7) is 0. The number of rotatable bonds is 36. The minimum Gasteiger partial charge on any atom is -0.179 e. The molecule has 0 N–H and O–H groups in total. The fourth-order valence-corrected chi connectivity index (χ4v) is 6.80. The van der Waals surface area contributed by atoms with Crippen molar-refractivity contribution in [2.75, 3.05) is 10.2 Å². The monoisotopic (exact) mass is 678 g/mol. The Balaban J connectivity index is 3.01. The summed E-state index contributed by atoms with van der Waals surface area (Å²) in [5.74, 6) is 1.07. The van der Waals surface area contributed by atoms with Gasteiger partial charge in [-0.3, -0.25) is 0 Å². The highest BCUT2D eigenvalue weighted by Crippen LogP contribution is 2.17. The van der Waals surface area contributed by atoms with Crippen LogP contribution in [0, 0.1) is 0 Å². The van der Waals surface area contributed by atoms with Crippen molar-refractivity contribution in [3.05, 3.63) is 0 Å². The zero-order valence-corrected chi connectivity index (χ0v) is 30.0. The average molecular weight is 679 g/mol. The van der Waals surface area contributed by atoms with E-state index in [0.29, 0.717) is 0 Å². The molecule has 0 rings (SSSR count). The molecule has 0 heterocycles. The smallest absolute Gasteiger partial charge is 0.000473 e. The van der Waals surface area contributed by atoms with Crippen LogP contribution in [0.25, 0.3) is 0 Å². The van der Waals surface area contributed by atoms with Crippen LogP contribution in [-0.2, 0) is 0 Å². The molecule has 0 aromatic rings. The molecule has 0 atom stereocenters. The average Bonchev–Trinajstić information content (AvgIpc) is 2.95. The summed E-state index contributed by atoms with van der Waals surface area (Å²) in [7, 11) is 0. The molecule has 39 heavy (non-hydrogen) atoms. The molecular weight excluding hydrogens is 603 g/mol. The third kappa shape index (κ3) is 39.1. The van der Waals surface area contributed by atoms with Gasteiger partial charge in [0.25, 0.3) is 0 Å². The van der Waals surface area contributed by atoms with Gasteiger partial charge in [0.15, 0.2) is 0 Å². The zero-order valence-electron chi connectivity index (χ0n) is 27.0. The minimum absolute atomic E-state index is 1.07. The molecule has 0 amide bonds. The van der Waals surface area contributed by atoms with E-state index in [9.17, 15) is 0 Å². The molecule has 0 unspecified atom stereocenters. The molecular formula is C37H75IS. The topological polar surface area (TPSA) is 0 Å². The normalized spacial score (nSPS) is 11.5. The highest BCUT2D eigenvalue weighted by molar-refractivity contribution is 14.1. The number of unbranched alkanes of at least 4 members (excludes halogenated alkanes) is 34. The summed E-state index contributed by atoms with van der Waals surface area (Å²) < 4.78 is 1.34. The molecule has 0 aliphatic carbocycles. The molecule has 0 aliphatic rings. The van der Waals surface area contributed by atoms with Crippen LogP contribution in [0.5, 0.6) is 0 Å². The molecule has 0 spiro atoms. The molecule has 0 fully saturated rings. The molecule has 0 aromatic heterocycles. The van der Waals surface area contributed by atoms with E-state index in [4.69, 9.17) is 0 Å². The molecule has 0 aliphatic heterocycles. The molecule has 0 aromatic carbocycles. The molecule has 236 valence electrons. The largest absolute Gasteiger partial charge is 0.179 e. The number of hydrogen-bond acceptors (Lipinski definition) is 1. The Morgan fingerprint density at radius 3 is 0.462 bits per heavy atom. The van der Waals surface area contributed by atoms with Gasteiger partial charge in [0, 0.05) is 0 Å². The fourth-order valence-electron chi connectivity index (χ4n) is 6.04. The SMILES string of the molecule is SCCCCCCCCCCCCCCCCCCCCCCCCCCCCCCCCCCCCCI. The van der Waals surface area contributed by atoms with Gasteiger partial charge in [-0.1, -0.05) is 234 Å². The van der Waals surface area contributed by atoms with Crippen LogP contribution in [0.2, 0.25) is 0 Å². The van der Waals surface area contributed by atoms with Crippen LogP contribution in [-0.4, -0.2) is 10.2 Å². The first-order chi connectivity index (χ1) is 19.4. The number of halogens is 1. The summed E-state index contributed by atoms with van der Waals surface area (Å²) >= 11 is 6.79. The van der Waals surface area contributed by atoms with E-state index in [1.165, 1.54) is 229 Å². The Hall–Kier alpha value is 1.08. The maximum atomic E-state index is 4.29. The van der Waals surface area contributed by atoms with Crippen LogP contribution in [0.15, 0.2) is 0 Å². The molecule has 0 bridgehead atoms. The lowest BCUT2D eigenvalue weighted by Crippen LogP contribution is -1.85. The Bertz CT molecular complexity index is 363. The maximum Gasteiger partial charge on any atom is -0.000473 e. The Kier molecular flexibility index (Phi) is 40.2. The van der Waals surface area contributed by atoms with Gasteiger partial charge in [0.05, 0.1) is 0 Å². The highest BCUT2D eigenvalue weighted by atomic mass is 127. The van der Waals surface area contributed by atoms with Crippen molar-refractivity contribution in [2.45, 2.75) is 225 Å². The summed E-state index contributed by atoms with van der Waals surface area (Å²) in [5, 5.41) is 0. The zero-order chi connectivity index (χ0) is 28.2. The second-order valence-corrected chi connectivity index (χ2v) is 14.3. The maximum absolute atomic E-state index is 4.29. The number of hydrogen-bond donors (Lipinski definition) is 1. The summed E-state index contributed by atoms with van der Waals surface area (Å²) in [4.78, 5) is 0. The van der Waals surface area contributed by atoms with Crippen LogP contribution in [0.4, 0.5) is 0 Å². The highest BCUT2D eigenvalue weighted by Gasteiger charge is 1.97. The molecule has 2 heteroatoms. The predicted molar refractivity (Wildman–Crippen MR) is 194 cm³/mol. The van der Waals surface area contributed by atoms with Gasteiger partial charge < -0.3 is 0 Å². The van der Waals surface area contributed by atoms with E-state index in [-0.39, 0.29) is 0 Å². The van der Waals surface area contributed by atoms with Crippen LogP contribution in [0.3, 0.4) is 0 Å². The predicted octanol–water partition coefficient (Wildman–Crippen LogP) is 15.0. The van der Waals surface area contributed by atoms with E-state index in [1.807, 2.05) is 0 Å². The number of thiol groups is 1. The first-order valence-electron chi connectivity index (χ1n) is 18.6. The van der Waals surface area contributed by atoms with Crippen LogP contribution >= 0.6 is 35.2 Å². The van der Waals surface area contributed by atoms with Crippen molar-refractivity contribution < 1.29 is 0 Å². The quantitative estimate of drug-likeness (QED) is 0.0290. The van der Waals surface area contributed by atoms with E-state index < -0.39 is 0 Å². The lowest BCUT2D eigenvalue weighted by atomic mass is 10.0. The van der Waals surface area contributed by atoms with Gasteiger partial charge in [-0.15, -0.1) is 0 Å². The van der Waals surface area contributed by atoms with E-state index >= 15 is 0 Å². The Morgan fingerprint density at radius 2 is 0.333 bits per heavy atom. The van der Waals surface area contributed by atoms with Crippen molar-refractivity contribution in [3.8, 4) is 0 Å². The van der Waals surface area contributed by atoms with Gasteiger partial charge in [-0.2, -0.15) is 12.6 Å². The first kappa shape index (κ1) is 40.1. The minimum atomic E-state index is 1.07. The van der Waals surface area contributed by atoms with Crippen LogP contribution < -0.4 is 0 Å². The van der Waals surface area contributed by atoms with Crippen molar-refractivity contribution in [1.82, 2.24) is 0 Å². The van der Waals surface area contributed by atoms with E-state index in [0.717, 1.165) is 5.75 Å².